The Kier molecular flexibility index (Phi) is 7.90. The van der Waals surface area contributed by atoms with Crippen LogP contribution >= 0.6 is 15.9 Å². The zero-order valence-corrected chi connectivity index (χ0v) is 13.1. The maximum atomic E-state index is 5.33. The second-order valence-electron chi connectivity index (χ2n) is 4.54. The Labute approximate surface area is 119 Å². The molecule has 0 aliphatic rings. The van der Waals surface area contributed by atoms with Crippen LogP contribution in [-0.2, 0) is 0 Å². The molecule has 0 spiro atoms. The van der Waals surface area contributed by atoms with Crippen LogP contribution < -0.4 is 10.1 Å². The Hall–Kier alpha value is -0.700. The fourth-order valence-electron chi connectivity index (χ4n) is 1.95. The van der Waals surface area contributed by atoms with Crippen molar-refractivity contribution >= 4 is 21.6 Å². The molecule has 0 aromatic heterocycles. The Morgan fingerprint density at radius 2 is 1.83 bits per heavy atom. The van der Waals surface area contributed by atoms with Crippen LogP contribution in [0.1, 0.15) is 45.4 Å². The lowest BCUT2D eigenvalue weighted by Gasteiger charge is -2.11. The van der Waals surface area contributed by atoms with Gasteiger partial charge in [0.05, 0.1) is 12.8 Å². The number of ether oxygens (including phenoxy) is 1. The average molecular weight is 314 g/mol. The van der Waals surface area contributed by atoms with E-state index in [1.807, 2.05) is 12.1 Å². The van der Waals surface area contributed by atoms with Crippen molar-refractivity contribution in [2.75, 3.05) is 19.0 Å². The van der Waals surface area contributed by atoms with Crippen molar-refractivity contribution in [2.24, 2.45) is 0 Å². The zero-order valence-electron chi connectivity index (χ0n) is 11.5. The fourth-order valence-corrected chi connectivity index (χ4v) is 2.31. The summed E-state index contributed by atoms with van der Waals surface area (Å²) in [5.41, 5.74) is 1.07. The fraction of sp³-hybridized carbons (Fsp3) is 0.600. The Bertz CT molecular complexity index is 341. The monoisotopic (exact) mass is 313 g/mol. The van der Waals surface area contributed by atoms with Gasteiger partial charge >= 0.3 is 0 Å². The number of hydrogen-bond acceptors (Lipinski definition) is 2. The quantitative estimate of drug-likeness (QED) is 0.630. The third kappa shape index (κ3) is 5.76. The molecule has 3 heteroatoms. The number of rotatable bonds is 9. The molecule has 2 nitrogen and oxygen atoms in total. The molecule has 0 heterocycles. The number of methoxy groups -OCH3 is 1. The SMILES string of the molecule is CCCCCCCCNc1cc(Br)ccc1OC. The average Bonchev–Trinajstić information content (AvgIpc) is 2.38. The van der Waals surface area contributed by atoms with Gasteiger partial charge in [0.15, 0.2) is 0 Å². The van der Waals surface area contributed by atoms with E-state index < -0.39 is 0 Å². The van der Waals surface area contributed by atoms with E-state index in [2.05, 4.69) is 34.2 Å². The number of halogens is 1. The highest BCUT2D eigenvalue weighted by Gasteiger charge is 2.02. The van der Waals surface area contributed by atoms with Gasteiger partial charge in [0, 0.05) is 11.0 Å². The summed E-state index contributed by atoms with van der Waals surface area (Å²) in [5, 5.41) is 3.44. The topological polar surface area (TPSA) is 21.3 Å². The van der Waals surface area contributed by atoms with E-state index in [9.17, 15) is 0 Å². The van der Waals surface area contributed by atoms with Crippen molar-refractivity contribution in [2.45, 2.75) is 45.4 Å². The minimum absolute atomic E-state index is 0.907. The second-order valence-corrected chi connectivity index (χ2v) is 5.45. The molecule has 0 saturated heterocycles. The molecule has 0 amide bonds. The summed E-state index contributed by atoms with van der Waals surface area (Å²) in [6.45, 7) is 3.26. The molecule has 0 saturated carbocycles. The summed E-state index contributed by atoms with van der Waals surface area (Å²) in [7, 11) is 1.71. The zero-order chi connectivity index (χ0) is 13.2. The van der Waals surface area contributed by atoms with Crippen molar-refractivity contribution in [1.29, 1.82) is 0 Å². The number of hydrogen-bond donors (Lipinski definition) is 1. The van der Waals surface area contributed by atoms with E-state index in [0.717, 1.165) is 22.5 Å². The van der Waals surface area contributed by atoms with E-state index in [0.29, 0.717) is 0 Å². The van der Waals surface area contributed by atoms with Crippen LogP contribution in [0.4, 0.5) is 5.69 Å². The van der Waals surface area contributed by atoms with Crippen molar-refractivity contribution in [3.05, 3.63) is 22.7 Å². The number of unbranched alkanes of at least 4 members (excludes halogenated alkanes) is 5. The number of benzene rings is 1. The normalized spacial score (nSPS) is 10.4. The molecule has 0 aliphatic carbocycles. The first-order valence-corrected chi connectivity index (χ1v) is 7.64. The summed E-state index contributed by atoms with van der Waals surface area (Å²) in [4.78, 5) is 0. The van der Waals surface area contributed by atoms with E-state index in [-0.39, 0.29) is 0 Å². The van der Waals surface area contributed by atoms with Crippen LogP contribution in [0.3, 0.4) is 0 Å². The first-order chi connectivity index (χ1) is 8.77. The van der Waals surface area contributed by atoms with Crippen molar-refractivity contribution in [3.8, 4) is 5.75 Å². The van der Waals surface area contributed by atoms with Crippen molar-refractivity contribution in [3.63, 3.8) is 0 Å². The highest BCUT2D eigenvalue weighted by Crippen LogP contribution is 2.27. The third-order valence-corrected chi connectivity index (χ3v) is 3.50. The van der Waals surface area contributed by atoms with Crippen LogP contribution in [0, 0.1) is 0 Å². The van der Waals surface area contributed by atoms with Gasteiger partial charge in [-0.3, -0.25) is 0 Å². The first kappa shape index (κ1) is 15.4. The summed E-state index contributed by atoms with van der Waals surface area (Å²) >= 11 is 3.48. The van der Waals surface area contributed by atoms with Crippen molar-refractivity contribution in [1.82, 2.24) is 0 Å². The molecule has 102 valence electrons. The smallest absolute Gasteiger partial charge is 0.142 e. The standard InChI is InChI=1S/C15H24BrNO/c1-3-4-5-6-7-8-11-17-14-12-13(16)9-10-15(14)18-2/h9-10,12,17H,3-8,11H2,1-2H3. The van der Waals surface area contributed by atoms with E-state index in [1.165, 1.54) is 38.5 Å². The predicted octanol–water partition coefficient (Wildman–Crippen LogP) is 5.23. The third-order valence-electron chi connectivity index (χ3n) is 3.01. The molecule has 0 fully saturated rings. The van der Waals surface area contributed by atoms with Crippen LogP contribution in [0.5, 0.6) is 5.75 Å². The minimum Gasteiger partial charge on any atom is -0.495 e. The molecule has 0 radical (unpaired) electrons. The Balaban J connectivity index is 2.24. The van der Waals surface area contributed by atoms with Gasteiger partial charge in [-0.25, -0.2) is 0 Å². The van der Waals surface area contributed by atoms with E-state index in [4.69, 9.17) is 4.74 Å². The summed E-state index contributed by atoms with van der Waals surface area (Å²) < 4.78 is 6.40. The molecule has 0 bridgehead atoms. The maximum Gasteiger partial charge on any atom is 0.142 e. The molecular formula is C15H24BrNO. The van der Waals surface area contributed by atoms with Crippen LogP contribution in [0.25, 0.3) is 0 Å². The molecule has 0 unspecified atom stereocenters. The lowest BCUT2D eigenvalue weighted by atomic mass is 10.1. The summed E-state index contributed by atoms with van der Waals surface area (Å²) in [6.07, 6.45) is 7.94. The molecular weight excluding hydrogens is 290 g/mol. The molecule has 1 aromatic carbocycles. The lowest BCUT2D eigenvalue weighted by Crippen LogP contribution is -2.03. The van der Waals surface area contributed by atoms with Gasteiger partial charge in [0.2, 0.25) is 0 Å². The highest BCUT2D eigenvalue weighted by atomic mass is 79.9. The largest absolute Gasteiger partial charge is 0.495 e. The maximum absolute atomic E-state index is 5.33. The van der Waals surface area contributed by atoms with Crippen LogP contribution in [0.2, 0.25) is 0 Å². The minimum atomic E-state index is 0.907. The summed E-state index contributed by atoms with van der Waals surface area (Å²) in [6, 6.07) is 6.04. The number of nitrogens with one attached hydrogen (secondary N) is 1. The van der Waals surface area contributed by atoms with Gasteiger partial charge < -0.3 is 10.1 Å². The number of anilines is 1. The Morgan fingerprint density at radius 3 is 2.56 bits per heavy atom. The van der Waals surface area contributed by atoms with Crippen molar-refractivity contribution < 1.29 is 4.74 Å². The molecule has 1 N–H and O–H groups in total. The van der Waals surface area contributed by atoms with E-state index >= 15 is 0 Å². The second kappa shape index (κ2) is 9.26. The van der Waals surface area contributed by atoms with Gasteiger partial charge in [-0.2, -0.15) is 0 Å². The van der Waals surface area contributed by atoms with Gasteiger partial charge in [-0.1, -0.05) is 55.0 Å². The van der Waals surface area contributed by atoms with Gasteiger partial charge in [0.1, 0.15) is 5.75 Å². The van der Waals surface area contributed by atoms with Crippen LogP contribution in [-0.4, -0.2) is 13.7 Å². The van der Waals surface area contributed by atoms with Gasteiger partial charge in [-0.15, -0.1) is 0 Å². The predicted molar refractivity (Wildman–Crippen MR) is 82.6 cm³/mol. The Morgan fingerprint density at radius 1 is 1.11 bits per heavy atom. The lowest BCUT2D eigenvalue weighted by molar-refractivity contribution is 0.416. The molecule has 0 atom stereocenters. The van der Waals surface area contributed by atoms with E-state index in [1.54, 1.807) is 7.11 Å². The highest BCUT2D eigenvalue weighted by molar-refractivity contribution is 9.10. The molecule has 1 rings (SSSR count). The molecule has 18 heavy (non-hydrogen) atoms. The first-order valence-electron chi connectivity index (χ1n) is 6.85. The van der Waals surface area contributed by atoms with Gasteiger partial charge in [0.25, 0.3) is 0 Å². The summed E-state index contributed by atoms with van der Waals surface area (Å²) in [5.74, 6) is 0.907. The van der Waals surface area contributed by atoms with Gasteiger partial charge in [-0.05, 0) is 24.6 Å². The van der Waals surface area contributed by atoms with Crippen LogP contribution in [0.15, 0.2) is 22.7 Å². The molecule has 0 aliphatic heterocycles. The molecule has 1 aromatic rings.